The van der Waals surface area contributed by atoms with Gasteiger partial charge >= 0.3 is 6.18 Å². The molecule has 4 rings (SSSR count). The summed E-state index contributed by atoms with van der Waals surface area (Å²) in [7, 11) is 1.26. The maximum atomic E-state index is 12.7. The molecule has 0 radical (unpaired) electrons. The smallest absolute Gasteiger partial charge is 0.342 e. The molecule has 1 amide bonds. The molecular formula is C17H15F3N6O2. The Labute approximate surface area is 156 Å². The Kier molecular flexibility index (Phi) is 4.36. The highest BCUT2D eigenvalue weighted by molar-refractivity contribution is 5.92. The molecule has 3 aromatic heterocycles. The van der Waals surface area contributed by atoms with Crippen molar-refractivity contribution in [1.29, 1.82) is 0 Å². The summed E-state index contributed by atoms with van der Waals surface area (Å²) in [6, 6.07) is 4.34. The lowest BCUT2D eigenvalue weighted by atomic mass is 10.2. The number of amides is 1. The summed E-state index contributed by atoms with van der Waals surface area (Å²) < 4.78 is 44.1. The van der Waals surface area contributed by atoms with E-state index in [1.54, 1.807) is 12.3 Å². The fraction of sp³-hybridized carbons (Fsp3) is 0.353. The maximum Gasteiger partial charge on any atom is 0.435 e. The summed E-state index contributed by atoms with van der Waals surface area (Å²) in [6.07, 6.45) is -0.711. The van der Waals surface area contributed by atoms with Gasteiger partial charge in [0.25, 0.3) is 5.91 Å². The van der Waals surface area contributed by atoms with Crippen LogP contribution < -0.4 is 5.32 Å². The topological polar surface area (TPSA) is 98.7 Å². The lowest BCUT2D eigenvalue weighted by Gasteiger charge is -2.01. The molecule has 1 fully saturated rings. The summed E-state index contributed by atoms with van der Waals surface area (Å²) in [6.45, 7) is -0.126. The largest absolute Gasteiger partial charge is 0.435 e. The van der Waals surface area contributed by atoms with E-state index in [1.807, 2.05) is 6.07 Å². The maximum absolute atomic E-state index is 12.7. The van der Waals surface area contributed by atoms with E-state index < -0.39 is 17.8 Å². The Hall–Kier alpha value is -3.24. The average molecular weight is 392 g/mol. The molecule has 1 aliphatic carbocycles. The second-order valence-corrected chi connectivity index (χ2v) is 6.47. The molecule has 146 valence electrons. The second kappa shape index (κ2) is 6.73. The number of pyridine rings is 1. The number of nitrogens with zero attached hydrogens (tertiary/aromatic N) is 5. The number of nitrogens with one attached hydrogen (secondary N) is 1. The third-order valence-electron chi connectivity index (χ3n) is 4.31. The summed E-state index contributed by atoms with van der Waals surface area (Å²) in [4.78, 5) is 20.7. The third kappa shape index (κ3) is 3.73. The van der Waals surface area contributed by atoms with E-state index in [9.17, 15) is 18.0 Å². The predicted molar refractivity (Wildman–Crippen MR) is 88.9 cm³/mol. The number of hydrogen-bond donors (Lipinski definition) is 1. The quantitative estimate of drug-likeness (QED) is 0.717. The van der Waals surface area contributed by atoms with Crippen molar-refractivity contribution >= 4 is 5.91 Å². The highest BCUT2D eigenvalue weighted by Crippen LogP contribution is 2.39. The Balaban J connectivity index is 1.43. The summed E-state index contributed by atoms with van der Waals surface area (Å²) in [5.41, 5.74) is 0.369. The number of rotatable bonds is 5. The van der Waals surface area contributed by atoms with Gasteiger partial charge < -0.3 is 9.84 Å². The van der Waals surface area contributed by atoms with Gasteiger partial charge in [0.2, 0.25) is 11.7 Å². The Bertz CT molecular complexity index is 1020. The van der Waals surface area contributed by atoms with E-state index in [4.69, 9.17) is 4.52 Å². The number of aryl methyl sites for hydroxylation is 1. The monoisotopic (exact) mass is 392 g/mol. The minimum Gasteiger partial charge on any atom is -0.342 e. The third-order valence-corrected chi connectivity index (χ3v) is 4.31. The van der Waals surface area contributed by atoms with Gasteiger partial charge in [0.1, 0.15) is 5.69 Å². The highest BCUT2D eigenvalue weighted by Gasteiger charge is 2.35. The van der Waals surface area contributed by atoms with Crippen LogP contribution in [0.2, 0.25) is 0 Å². The molecule has 8 nitrogen and oxygen atoms in total. The number of carbonyl (C=O) groups is 1. The SMILES string of the molecule is Cn1nc(C(F)(F)F)cc1C(=O)NCc1nc(-c2ccnc(C3CC3)c2)no1. The standard InChI is InChI=1S/C17H15F3N6O2/c1-26-12(7-13(24-26)17(18,19)20)16(27)22-8-14-23-15(25-28-14)10-4-5-21-11(6-10)9-2-3-9/h4-7,9H,2-3,8H2,1H3,(H,22,27). The van der Waals surface area contributed by atoms with Crippen molar-refractivity contribution < 1.29 is 22.5 Å². The summed E-state index contributed by atoms with van der Waals surface area (Å²) in [5, 5.41) is 9.63. The molecule has 28 heavy (non-hydrogen) atoms. The molecule has 0 atom stereocenters. The number of aromatic nitrogens is 5. The molecule has 1 saturated carbocycles. The fourth-order valence-electron chi connectivity index (χ4n) is 2.70. The Morgan fingerprint density at radius 2 is 2.14 bits per heavy atom. The second-order valence-electron chi connectivity index (χ2n) is 6.47. The molecule has 11 heteroatoms. The van der Waals surface area contributed by atoms with Gasteiger partial charge in [-0.15, -0.1) is 0 Å². The van der Waals surface area contributed by atoms with Crippen LogP contribution in [0.25, 0.3) is 11.4 Å². The first kappa shape index (κ1) is 18.1. The molecule has 0 aromatic carbocycles. The summed E-state index contributed by atoms with van der Waals surface area (Å²) in [5.74, 6) is 0.232. The van der Waals surface area contributed by atoms with Crippen LogP contribution in [0.3, 0.4) is 0 Å². The molecule has 0 aliphatic heterocycles. The van der Waals surface area contributed by atoms with E-state index >= 15 is 0 Å². The van der Waals surface area contributed by atoms with E-state index in [2.05, 4.69) is 25.5 Å². The van der Waals surface area contributed by atoms with Crippen molar-refractivity contribution in [3.8, 4) is 11.4 Å². The van der Waals surface area contributed by atoms with Gasteiger partial charge in [0, 0.05) is 36.5 Å². The van der Waals surface area contributed by atoms with Gasteiger partial charge in [-0.1, -0.05) is 5.16 Å². The van der Waals surface area contributed by atoms with Crippen LogP contribution in [0.5, 0.6) is 0 Å². The average Bonchev–Trinajstić information content (AvgIpc) is 3.26. The Morgan fingerprint density at radius 1 is 1.36 bits per heavy atom. The first-order valence-electron chi connectivity index (χ1n) is 8.49. The van der Waals surface area contributed by atoms with Crippen molar-refractivity contribution in [3.05, 3.63) is 47.4 Å². The van der Waals surface area contributed by atoms with Gasteiger partial charge in [0.15, 0.2) is 5.69 Å². The minimum absolute atomic E-state index is 0.126. The zero-order chi connectivity index (χ0) is 19.9. The van der Waals surface area contributed by atoms with E-state index in [1.165, 1.54) is 7.05 Å². The van der Waals surface area contributed by atoms with Crippen LogP contribution in [0.15, 0.2) is 28.9 Å². The first-order chi connectivity index (χ1) is 13.3. The van der Waals surface area contributed by atoms with Crippen LogP contribution in [0.4, 0.5) is 13.2 Å². The van der Waals surface area contributed by atoms with Crippen molar-refractivity contribution in [2.24, 2.45) is 7.05 Å². The van der Waals surface area contributed by atoms with Crippen molar-refractivity contribution in [3.63, 3.8) is 0 Å². The van der Waals surface area contributed by atoms with Crippen molar-refractivity contribution in [1.82, 2.24) is 30.2 Å². The molecular weight excluding hydrogens is 377 g/mol. The highest BCUT2D eigenvalue weighted by atomic mass is 19.4. The van der Waals surface area contributed by atoms with Crippen LogP contribution in [0.1, 0.15) is 46.5 Å². The molecule has 1 N–H and O–H groups in total. The zero-order valence-electron chi connectivity index (χ0n) is 14.7. The van der Waals surface area contributed by atoms with Gasteiger partial charge in [-0.25, -0.2) is 0 Å². The fourth-order valence-corrected chi connectivity index (χ4v) is 2.70. The van der Waals surface area contributed by atoms with Crippen molar-refractivity contribution in [2.75, 3.05) is 0 Å². The number of alkyl halides is 3. The summed E-state index contributed by atoms with van der Waals surface area (Å²) >= 11 is 0. The van der Waals surface area contributed by atoms with Gasteiger partial charge in [-0.2, -0.15) is 23.3 Å². The van der Waals surface area contributed by atoms with E-state index in [-0.39, 0.29) is 18.1 Å². The molecule has 0 spiro atoms. The van der Waals surface area contributed by atoms with Gasteiger partial charge in [-0.05, 0) is 25.0 Å². The lowest BCUT2D eigenvalue weighted by molar-refractivity contribution is -0.141. The van der Waals surface area contributed by atoms with E-state index in [0.717, 1.165) is 28.8 Å². The lowest BCUT2D eigenvalue weighted by Crippen LogP contribution is -2.25. The van der Waals surface area contributed by atoms with Crippen molar-refractivity contribution in [2.45, 2.75) is 31.5 Å². The van der Waals surface area contributed by atoms with Crippen LogP contribution in [0, 0.1) is 0 Å². The normalized spacial score (nSPS) is 14.3. The van der Waals surface area contributed by atoms with Crippen LogP contribution in [-0.4, -0.2) is 30.8 Å². The molecule has 3 heterocycles. The minimum atomic E-state index is -4.62. The van der Waals surface area contributed by atoms with E-state index in [0.29, 0.717) is 17.8 Å². The molecule has 0 saturated heterocycles. The Morgan fingerprint density at radius 3 is 2.82 bits per heavy atom. The predicted octanol–water partition coefficient (Wildman–Crippen LogP) is 2.69. The van der Waals surface area contributed by atoms with Crippen LogP contribution in [-0.2, 0) is 19.8 Å². The van der Waals surface area contributed by atoms with Crippen LogP contribution >= 0.6 is 0 Å². The van der Waals surface area contributed by atoms with Gasteiger partial charge in [-0.3, -0.25) is 14.5 Å². The molecule has 0 bridgehead atoms. The molecule has 0 unspecified atom stereocenters. The number of carbonyl (C=O) groups excluding carboxylic acids is 1. The zero-order valence-corrected chi connectivity index (χ0v) is 14.7. The first-order valence-corrected chi connectivity index (χ1v) is 8.49. The number of hydrogen-bond acceptors (Lipinski definition) is 6. The van der Waals surface area contributed by atoms with Gasteiger partial charge in [0.05, 0.1) is 6.54 Å². The molecule has 1 aliphatic rings. The number of halogens is 3. The molecule has 3 aromatic rings.